The van der Waals surface area contributed by atoms with Gasteiger partial charge in [-0.25, -0.2) is 0 Å². The Morgan fingerprint density at radius 2 is 1.54 bits per heavy atom. The third kappa shape index (κ3) is 5.04. The highest BCUT2D eigenvalue weighted by Crippen LogP contribution is 2.22. The lowest BCUT2D eigenvalue weighted by Gasteiger charge is -2.21. The van der Waals surface area contributed by atoms with Crippen molar-refractivity contribution in [3.05, 3.63) is 47.2 Å². The number of aryl methyl sites for hydroxylation is 3. The molecule has 0 aliphatic rings. The van der Waals surface area contributed by atoms with Crippen molar-refractivity contribution in [3.8, 4) is 11.3 Å². The predicted octanol–water partition coefficient (Wildman–Crippen LogP) is 6.03. The lowest BCUT2D eigenvalue weighted by Crippen LogP contribution is -2.40. The van der Waals surface area contributed by atoms with E-state index in [1.165, 1.54) is 59.5 Å². The minimum absolute atomic E-state index is 1.13. The Morgan fingerprint density at radius 3 is 2.12 bits per heavy atom. The van der Waals surface area contributed by atoms with Crippen LogP contribution >= 0.6 is 0 Å². The van der Waals surface area contributed by atoms with E-state index in [0.717, 1.165) is 5.69 Å². The van der Waals surface area contributed by atoms with Crippen molar-refractivity contribution in [2.75, 3.05) is 0 Å². The Bertz CT molecular complexity index is 663. The Morgan fingerprint density at radius 1 is 0.875 bits per heavy atom. The minimum Gasteiger partial charge on any atom is -0.256 e. The van der Waals surface area contributed by atoms with E-state index < -0.39 is 8.07 Å². The fourth-order valence-electron chi connectivity index (χ4n) is 3.40. The molecule has 0 atom stereocenters. The SMILES string of the molecule is CCCCCCc1cc(-c2cc(C)cc(C)c2)ncc1[Si](C)(C)C. The highest BCUT2D eigenvalue weighted by atomic mass is 28.3. The van der Waals surface area contributed by atoms with Crippen LogP contribution in [-0.2, 0) is 6.42 Å². The van der Waals surface area contributed by atoms with Crippen molar-refractivity contribution in [2.24, 2.45) is 0 Å². The lowest BCUT2D eigenvalue weighted by atomic mass is 10.0. The average molecular weight is 340 g/mol. The van der Waals surface area contributed by atoms with Crippen molar-refractivity contribution in [1.82, 2.24) is 4.98 Å². The van der Waals surface area contributed by atoms with Gasteiger partial charge in [0, 0.05) is 11.8 Å². The first-order chi connectivity index (χ1) is 11.3. The molecule has 1 nitrogen and oxygen atoms in total. The number of pyridine rings is 1. The number of unbranched alkanes of at least 4 members (excludes halogenated alkanes) is 3. The molecule has 0 saturated heterocycles. The quantitative estimate of drug-likeness (QED) is 0.443. The Labute approximate surface area is 149 Å². The molecule has 1 heterocycles. The zero-order valence-corrected chi connectivity index (χ0v) is 17.4. The standard InChI is InChI=1S/C22H33NSi/c1-7-8-9-10-11-19-15-21(23-16-22(19)24(4,5)6)20-13-17(2)12-18(3)14-20/h12-16H,7-11H2,1-6H3. The highest BCUT2D eigenvalue weighted by Gasteiger charge is 2.21. The molecular weight excluding hydrogens is 306 g/mol. The van der Waals surface area contributed by atoms with Crippen molar-refractivity contribution in [3.63, 3.8) is 0 Å². The first kappa shape index (κ1) is 18.9. The van der Waals surface area contributed by atoms with Crippen LogP contribution in [0.1, 0.15) is 49.3 Å². The maximum Gasteiger partial charge on any atom is 0.0799 e. The molecule has 0 aliphatic carbocycles. The normalized spacial score (nSPS) is 11.8. The van der Waals surface area contributed by atoms with Crippen molar-refractivity contribution < 1.29 is 0 Å². The van der Waals surface area contributed by atoms with Gasteiger partial charge in [-0.15, -0.1) is 0 Å². The summed E-state index contributed by atoms with van der Waals surface area (Å²) in [6.45, 7) is 13.9. The molecule has 0 unspecified atom stereocenters. The molecule has 24 heavy (non-hydrogen) atoms. The summed E-state index contributed by atoms with van der Waals surface area (Å²) in [6.07, 6.45) is 8.64. The van der Waals surface area contributed by atoms with Crippen LogP contribution in [0.4, 0.5) is 0 Å². The Kier molecular flexibility index (Phi) is 6.39. The van der Waals surface area contributed by atoms with Crippen LogP contribution in [0.3, 0.4) is 0 Å². The molecule has 1 aromatic carbocycles. The number of hydrogen-bond acceptors (Lipinski definition) is 1. The summed E-state index contributed by atoms with van der Waals surface area (Å²) in [5, 5.41) is 1.53. The molecule has 1 aromatic heterocycles. The number of nitrogens with zero attached hydrogens (tertiary/aromatic N) is 1. The van der Waals surface area contributed by atoms with E-state index in [-0.39, 0.29) is 0 Å². The molecule has 130 valence electrons. The second-order valence-corrected chi connectivity index (χ2v) is 13.2. The van der Waals surface area contributed by atoms with Gasteiger partial charge in [-0.05, 0) is 55.6 Å². The third-order valence-corrected chi connectivity index (χ3v) is 6.68. The van der Waals surface area contributed by atoms with Gasteiger partial charge in [-0.1, -0.05) is 63.0 Å². The van der Waals surface area contributed by atoms with Gasteiger partial charge in [-0.3, -0.25) is 4.98 Å². The molecule has 2 rings (SSSR count). The second kappa shape index (κ2) is 8.11. The second-order valence-electron chi connectivity index (χ2n) is 8.16. The maximum absolute atomic E-state index is 4.84. The molecule has 2 heteroatoms. The first-order valence-corrected chi connectivity index (χ1v) is 12.9. The van der Waals surface area contributed by atoms with Gasteiger partial charge in [0.25, 0.3) is 0 Å². The van der Waals surface area contributed by atoms with Gasteiger partial charge in [-0.2, -0.15) is 0 Å². The van der Waals surface area contributed by atoms with Crippen LogP contribution in [0.5, 0.6) is 0 Å². The molecule has 2 aromatic rings. The van der Waals surface area contributed by atoms with Gasteiger partial charge in [0.2, 0.25) is 0 Å². The molecule has 0 saturated carbocycles. The third-order valence-electron chi connectivity index (χ3n) is 4.61. The van der Waals surface area contributed by atoms with E-state index in [9.17, 15) is 0 Å². The molecule has 0 aliphatic heterocycles. The summed E-state index contributed by atoms with van der Waals surface area (Å²) in [4.78, 5) is 4.84. The molecule has 0 spiro atoms. The summed E-state index contributed by atoms with van der Waals surface area (Å²) in [6, 6.07) is 9.11. The molecule has 0 fully saturated rings. The van der Waals surface area contributed by atoms with Crippen LogP contribution in [0.25, 0.3) is 11.3 Å². The first-order valence-electron chi connectivity index (χ1n) is 9.39. The van der Waals surface area contributed by atoms with Gasteiger partial charge in [0.1, 0.15) is 0 Å². The largest absolute Gasteiger partial charge is 0.256 e. The van der Waals surface area contributed by atoms with Crippen molar-refractivity contribution >= 4 is 13.3 Å². The fraction of sp³-hybridized carbons (Fsp3) is 0.500. The minimum atomic E-state index is -1.35. The van der Waals surface area contributed by atoms with Crippen LogP contribution in [0.15, 0.2) is 30.5 Å². The van der Waals surface area contributed by atoms with Crippen molar-refractivity contribution in [2.45, 2.75) is 72.5 Å². The maximum atomic E-state index is 4.84. The van der Waals surface area contributed by atoms with Gasteiger partial charge in [0.05, 0.1) is 13.8 Å². The summed E-state index contributed by atoms with van der Waals surface area (Å²) in [5.41, 5.74) is 6.55. The number of aromatic nitrogens is 1. The lowest BCUT2D eigenvalue weighted by molar-refractivity contribution is 0.667. The van der Waals surface area contributed by atoms with E-state index in [4.69, 9.17) is 4.98 Å². The summed E-state index contributed by atoms with van der Waals surface area (Å²) in [7, 11) is -1.35. The van der Waals surface area contributed by atoms with E-state index in [2.05, 4.69) is 70.9 Å². The number of rotatable bonds is 7. The van der Waals surface area contributed by atoms with Crippen molar-refractivity contribution in [1.29, 1.82) is 0 Å². The molecule has 0 bridgehead atoms. The molecule has 0 radical (unpaired) electrons. The zero-order chi connectivity index (χ0) is 17.7. The predicted molar refractivity (Wildman–Crippen MR) is 110 cm³/mol. The molecule has 0 N–H and O–H groups in total. The van der Waals surface area contributed by atoms with Gasteiger partial charge >= 0.3 is 0 Å². The summed E-state index contributed by atoms with van der Waals surface area (Å²) >= 11 is 0. The van der Waals surface area contributed by atoms with Crippen LogP contribution in [0, 0.1) is 13.8 Å². The smallest absolute Gasteiger partial charge is 0.0799 e. The van der Waals surface area contributed by atoms with Gasteiger partial charge in [0.15, 0.2) is 0 Å². The van der Waals surface area contributed by atoms with E-state index in [1.807, 2.05) is 0 Å². The zero-order valence-electron chi connectivity index (χ0n) is 16.4. The van der Waals surface area contributed by atoms with Crippen LogP contribution in [-0.4, -0.2) is 13.1 Å². The van der Waals surface area contributed by atoms with Crippen LogP contribution < -0.4 is 5.19 Å². The Balaban J connectivity index is 2.37. The average Bonchev–Trinajstić information content (AvgIpc) is 2.49. The number of hydrogen-bond donors (Lipinski definition) is 0. The fourth-order valence-corrected chi connectivity index (χ4v) is 5.01. The summed E-state index contributed by atoms with van der Waals surface area (Å²) < 4.78 is 0. The highest BCUT2D eigenvalue weighted by molar-refractivity contribution is 6.89. The van der Waals surface area contributed by atoms with Crippen LogP contribution in [0.2, 0.25) is 19.6 Å². The summed E-state index contributed by atoms with van der Waals surface area (Å²) in [5.74, 6) is 0. The number of benzene rings is 1. The van der Waals surface area contributed by atoms with E-state index in [0.29, 0.717) is 0 Å². The molecule has 0 amide bonds. The monoisotopic (exact) mass is 339 g/mol. The van der Waals surface area contributed by atoms with E-state index >= 15 is 0 Å². The topological polar surface area (TPSA) is 12.9 Å². The Hall–Kier alpha value is -1.41. The molecular formula is C22H33NSi. The van der Waals surface area contributed by atoms with E-state index in [1.54, 1.807) is 0 Å². The van der Waals surface area contributed by atoms with Gasteiger partial charge < -0.3 is 0 Å².